The normalized spacial score (nSPS) is 10.4. The molecule has 0 radical (unpaired) electrons. The van der Waals surface area contributed by atoms with Gasteiger partial charge in [0.2, 0.25) is 5.91 Å². The van der Waals surface area contributed by atoms with Gasteiger partial charge in [0.15, 0.2) is 0 Å². The molecule has 0 heterocycles. The molecule has 0 saturated carbocycles. The molecule has 0 spiro atoms. The largest absolute Gasteiger partial charge is 0.375 e. The van der Waals surface area contributed by atoms with Gasteiger partial charge in [-0.3, -0.25) is 9.59 Å². The number of benzene rings is 1. The van der Waals surface area contributed by atoms with Crippen LogP contribution in [0.25, 0.3) is 0 Å². The molecule has 1 aromatic carbocycles. The molecule has 0 unspecified atom stereocenters. The van der Waals surface area contributed by atoms with Crippen LogP contribution < -0.4 is 5.32 Å². The van der Waals surface area contributed by atoms with Crippen LogP contribution in [0.3, 0.4) is 0 Å². The summed E-state index contributed by atoms with van der Waals surface area (Å²) in [7, 11) is 0. The summed E-state index contributed by atoms with van der Waals surface area (Å²) in [5.74, 6) is -0.354. The summed E-state index contributed by atoms with van der Waals surface area (Å²) in [6, 6.07) is 6.39. The SMILES string of the molecule is O=Cc1cccc(NC(=O)CCOCC(F)F)c1. The van der Waals surface area contributed by atoms with Crippen LogP contribution in [0.5, 0.6) is 0 Å². The van der Waals surface area contributed by atoms with Crippen LogP contribution in [0.4, 0.5) is 14.5 Å². The Labute approximate surface area is 103 Å². The van der Waals surface area contributed by atoms with Crippen molar-refractivity contribution in [3.63, 3.8) is 0 Å². The second-order valence-corrected chi connectivity index (χ2v) is 3.51. The number of halogens is 2. The standard InChI is InChI=1S/C12H13F2NO3/c13-11(14)8-18-5-4-12(17)15-10-3-1-2-9(6-10)7-16/h1-3,6-7,11H,4-5,8H2,(H,15,17). The van der Waals surface area contributed by atoms with E-state index >= 15 is 0 Å². The molecule has 1 amide bonds. The van der Waals surface area contributed by atoms with Crippen molar-refractivity contribution in [2.45, 2.75) is 12.8 Å². The number of anilines is 1. The topological polar surface area (TPSA) is 55.4 Å². The maximum atomic E-state index is 11.7. The van der Waals surface area contributed by atoms with Gasteiger partial charge in [-0.2, -0.15) is 0 Å². The third kappa shape index (κ3) is 5.49. The Kier molecular flexibility index (Phi) is 5.93. The highest BCUT2D eigenvalue weighted by Crippen LogP contribution is 2.09. The smallest absolute Gasteiger partial charge is 0.261 e. The second-order valence-electron chi connectivity index (χ2n) is 3.51. The van der Waals surface area contributed by atoms with Gasteiger partial charge in [-0.15, -0.1) is 0 Å². The number of rotatable bonds is 7. The molecule has 0 bridgehead atoms. The summed E-state index contributed by atoms with van der Waals surface area (Å²) < 4.78 is 28.0. The predicted molar refractivity (Wildman–Crippen MR) is 61.9 cm³/mol. The third-order valence-corrected chi connectivity index (χ3v) is 2.02. The first kappa shape index (κ1) is 14.2. The zero-order valence-electron chi connectivity index (χ0n) is 9.57. The molecule has 0 aliphatic heterocycles. The molecule has 4 nitrogen and oxygen atoms in total. The zero-order valence-corrected chi connectivity index (χ0v) is 9.57. The number of carbonyl (C=O) groups is 2. The molecule has 0 fully saturated rings. The molecule has 0 aliphatic carbocycles. The number of carbonyl (C=O) groups excluding carboxylic acids is 2. The first-order valence-corrected chi connectivity index (χ1v) is 5.33. The number of nitrogens with one attached hydrogen (secondary N) is 1. The van der Waals surface area contributed by atoms with Gasteiger partial charge in [0.25, 0.3) is 6.43 Å². The molecule has 6 heteroatoms. The maximum absolute atomic E-state index is 11.7. The first-order valence-electron chi connectivity index (χ1n) is 5.33. The second kappa shape index (κ2) is 7.50. The van der Waals surface area contributed by atoms with E-state index in [1.807, 2.05) is 0 Å². The Morgan fingerprint density at radius 1 is 1.44 bits per heavy atom. The third-order valence-electron chi connectivity index (χ3n) is 2.02. The number of amides is 1. The maximum Gasteiger partial charge on any atom is 0.261 e. The fourth-order valence-corrected chi connectivity index (χ4v) is 1.25. The Morgan fingerprint density at radius 3 is 2.89 bits per heavy atom. The van der Waals surface area contributed by atoms with Crippen molar-refractivity contribution in [1.82, 2.24) is 0 Å². The molecule has 0 aliphatic rings. The quantitative estimate of drug-likeness (QED) is 0.601. The van der Waals surface area contributed by atoms with Gasteiger partial charge < -0.3 is 10.1 Å². The van der Waals surface area contributed by atoms with E-state index in [1.165, 1.54) is 6.07 Å². The van der Waals surface area contributed by atoms with Gasteiger partial charge in [0.05, 0.1) is 13.0 Å². The molecule has 0 aromatic heterocycles. The molecule has 0 atom stereocenters. The minimum absolute atomic E-state index is 0.0158. The van der Waals surface area contributed by atoms with Crippen LogP contribution >= 0.6 is 0 Å². The van der Waals surface area contributed by atoms with E-state index in [2.05, 4.69) is 10.1 Å². The van der Waals surface area contributed by atoms with Crippen molar-refractivity contribution in [1.29, 1.82) is 0 Å². The summed E-state index contributed by atoms with van der Waals surface area (Å²) in [4.78, 5) is 21.9. The zero-order chi connectivity index (χ0) is 13.4. The van der Waals surface area contributed by atoms with E-state index in [1.54, 1.807) is 18.2 Å². The van der Waals surface area contributed by atoms with Crippen molar-refractivity contribution in [3.05, 3.63) is 29.8 Å². The molecular weight excluding hydrogens is 244 g/mol. The number of hydrogen-bond acceptors (Lipinski definition) is 3. The monoisotopic (exact) mass is 257 g/mol. The van der Waals surface area contributed by atoms with E-state index in [0.29, 0.717) is 17.5 Å². The van der Waals surface area contributed by atoms with Crippen molar-refractivity contribution in [3.8, 4) is 0 Å². The summed E-state index contributed by atoms with van der Waals surface area (Å²) in [6.45, 7) is -0.739. The summed E-state index contributed by atoms with van der Waals surface area (Å²) >= 11 is 0. The summed E-state index contributed by atoms with van der Waals surface area (Å²) in [6.07, 6.45) is -1.88. The van der Waals surface area contributed by atoms with Crippen LogP contribution in [0, 0.1) is 0 Å². The molecule has 1 aromatic rings. The van der Waals surface area contributed by atoms with E-state index in [4.69, 9.17) is 0 Å². The molecular formula is C12H13F2NO3. The molecule has 98 valence electrons. The lowest BCUT2D eigenvalue weighted by atomic mass is 10.2. The Hall–Kier alpha value is -1.82. The predicted octanol–water partition coefficient (Wildman–Crippen LogP) is 2.11. The van der Waals surface area contributed by atoms with Crippen molar-refractivity contribution in [2.75, 3.05) is 18.5 Å². The van der Waals surface area contributed by atoms with Gasteiger partial charge in [0.1, 0.15) is 12.9 Å². The average molecular weight is 257 g/mol. The van der Waals surface area contributed by atoms with E-state index in [9.17, 15) is 18.4 Å². The number of hydrogen-bond donors (Lipinski definition) is 1. The Balaban J connectivity index is 2.33. The van der Waals surface area contributed by atoms with Crippen LogP contribution in [0.2, 0.25) is 0 Å². The van der Waals surface area contributed by atoms with Crippen LogP contribution in [-0.2, 0) is 9.53 Å². The summed E-state index contributed by atoms with van der Waals surface area (Å²) in [5.41, 5.74) is 0.931. The van der Waals surface area contributed by atoms with E-state index in [-0.39, 0.29) is 18.9 Å². The Bertz CT molecular complexity index is 410. The lowest BCUT2D eigenvalue weighted by Gasteiger charge is -2.06. The molecule has 0 saturated heterocycles. The van der Waals surface area contributed by atoms with Crippen LogP contribution in [0.15, 0.2) is 24.3 Å². The highest BCUT2D eigenvalue weighted by molar-refractivity contribution is 5.91. The van der Waals surface area contributed by atoms with Gasteiger partial charge >= 0.3 is 0 Å². The molecule has 1 N–H and O–H groups in total. The number of alkyl halides is 2. The lowest BCUT2D eigenvalue weighted by molar-refractivity contribution is -0.117. The Morgan fingerprint density at radius 2 is 2.22 bits per heavy atom. The van der Waals surface area contributed by atoms with Crippen LogP contribution in [0.1, 0.15) is 16.8 Å². The van der Waals surface area contributed by atoms with E-state index < -0.39 is 13.0 Å². The minimum Gasteiger partial charge on any atom is -0.375 e. The molecule has 18 heavy (non-hydrogen) atoms. The van der Waals surface area contributed by atoms with Crippen molar-refractivity contribution >= 4 is 17.9 Å². The van der Waals surface area contributed by atoms with Gasteiger partial charge in [-0.05, 0) is 12.1 Å². The summed E-state index contributed by atoms with van der Waals surface area (Å²) in [5, 5.41) is 2.54. The first-order chi connectivity index (χ1) is 8.61. The molecule has 1 rings (SSSR count). The van der Waals surface area contributed by atoms with E-state index in [0.717, 1.165) is 0 Å². The van der Waals surface area contributed by atoms with Gasteiger partial charge in [-0.1, -0.05) is 12.1 Å². The minimum atomic E-state index is -2.53. The number of ether oxygens (including phenoxy) is 1. The van der Waals surface area contributed by atoms with Gasteiger partial charge in [-0.25, -0.2) is 8.78 Å². The van der Waals surface area contributed by atoms with Crippen molar-refractivity contribution < 1.29 is 23.1 Å². The highest BCUT2D eigenvalue weighted by Gasteiger charge is 2.05. The lowest BCUT2D eigenvalue weighted by Crippen LogP contribution is -2.15. The van der Waals surface area contributed by atoms with Gasteiger partial charge in [0, 0.05) is 11.3 Å². The van der Waals surface area contributed by atoms with Crippen LogP contribution in [-0.4, -0.2) is 31.8 Å². The number of aldehydes is 1. The highest BCUT2D eigenvalue weighted by atomic mass is 19.3. The van der Waals surface area contributed by atoms with Crippen molar-refractivity contribution in [2.24, 2.45) is 0 Å². The average Bonchev–Trinajstić information content (AvgIpc) is 2.34. The fraction of sp³-hybridized carbons (Fsp3) is 0.333. The fourth-order valence-electron chi connectivity index (χ4n) is 1.25.